The van der Waals surface area contributed by atoms with Gasteiger partial charge < -0.3 is 10.1 Å². The van der Waals surface area contributed by atoms with Crippen molar-refractivity contribution in [3.8, 4) is 5.75 Å². The summed E-state index contributed by atoms with van der Waals surface area (Å²) < 4.78 is 4.93. The minimum Gasteiger partial charge on any atom is -0.423 e. The molecule has 0 aliphatic heterocycles. The SMILES string of the molecule is CSC(C)(SC)C(=O)Oc1cc(Cl)c(Cl)cc1NC(=O)C1(C2CC2)CCCCC1. The van der Waals surface area contributed by atoms with Crippen LogP contribution in [-0.2, 0) is 9.59 Å². The molecule has 160 valence electrons. The average molecular weight is 476 g/mol. The molecule has 2 aliphatic rings. The average Bonchev–Trinajstić information content (AvgIpc) is 3.57. The summed E-state index contributed by atoms with van der Waals surface area (Å²) in [4.78, 5) is 26.1. The van der Waals surface area contributed by atoms with Crippen molar-refractivity contribution in [3.05, 3.63) is 22.2 Å². The minimum atomic E-state index is -0.758. The van der Waals surface area contributed by atoms with E-state index in [4.69, 9.17) is 27.9 Å². The van der Waals surface area contributed by atoms with Crippen LogP contribution in [0.4, 0.5) is 5.69 Å². The van der Waals surface area contributed by atoms with Gasteiger partial charge in [-0.2, -0.15) is 0 Å². The first-order valence-corrected chi connectivity index (χ1v) is 13.1. The van der Waals surface area contributed by atoms with E-state index in [2.05, 4.69) is 5.32 Å². The van der Waals surface area contributed by atoms with Gasteiger partial charge in [0.15, 0.2) is 9.83 Å². The van der Waals surface area contributed by atoms with E-state index in [1.807, 2.05) is 19.4 Å². The monoisotopic (exact) mass is 475 g/mol. The van der Waals surface area contributed by atoms with Crippen LogP contribution in [0, 0.1) is 11.3 Å². The third-order valence-corrected chi connectivity index (χ3v) is 9.79. The van der Waals surface area contributed by atoms with Crippen LogP contribution in [0.1, 0.15) is 51.9 Å². The van der Waals surface area contributed by atoms with Gasteiger partial charge in [0.05, 0.1) is 21.1 Å². The molecule has 3 rings (SSSR count). The number of rotatable bonds is 7. The summed E-state index contributed by atoms with van der Waals surface area (Å²) in [6.45, 7) is 1.81. The first kappa shape index (κ1) is 23.1. The molecule has 4 nitrogen and oxygen atoms in total. The summed E-state index contributed by atoms with van der Waals surface area (Å²) in [6.07, 6.45) is 11.1. The van der Waals surface area contributed by atoms with E-state index in [1.54, 1.807) is 6.07 Å². The summed E-state index contributed by atoms with van der Waals surface area (Å²) >= 11 is 15.2. The quantitative estimate of drug-likeness (QED) is 0.272. The van der Waals surface area contributed by atoms with Crippen molar-refractivity contribution in [1.29, 1.82) is 0 Å². The molecule has 29 heavy (non-hydrogen) atoms. The number of benzene rings is 1. The highest BCUT2D eigenvalue weighted by Crippen LogP contribution is 2.54. The van der Waals surface area contributed by atoms with Gasteiger partial charge in [-0.3, -0.25) is 4.79 Å². The molecule has 1 amide bonds. The highest BCUT2D eigenvalue weighted by Gasteiger charge is 2.51. The van der Waals surface area contributed by atoms with Crippen LogP contribution in [0.5, 0.6) is 5.75 Å². The molecular formula is C21H27Cl2NO3S2. The largest absolute Gasteiger partial charge is 0.423 e. The van der Waals surface area contributed by atoms with E-state index < -0.39 is 10.0 Å². The van der Waals surface area contributed by atoms with Crippen LogP contribution in [0.25, 0.3) is 0 Å². The molecule has 0 aromatic heterocycles. The van der Waals surface area contributed by atoms with Crippen LogP contribution in [0.15, 0.2) is 12.1 Å². The zero-order chi connectivity index (χ0) is 21.2. The predicted octanol–water partition coefficient (Wildman–Crippen LogP) is 6.64. The topological polar surface area (TPSA) is 55.4 Å². The normalized spacial score (nSPS) is 18.9. The van der Waals surface area contributed by atoms with Gasteiger partial charge in [0.25, 0.3) is 0 Å². The third-order valence-electron chi connectivity index (χ3n) is 6.18. The number of amides is 1. The molecule has 0 unspecified atom stereocenters. The number of esters is 1. The fourth-order valence-electron chi connectivity index (χ4n) is 4.04. The standard InChI is InChI=1S/C21H27Cl2NO3S2/c1-20(28-2,29-3)19(26)27-17-12-15(23)14(22)11-16(17)24-18(25)21(13-7-8-13)9-5-4-6-10-21/h11-13H,4-10H2,1-3H3,(H,24,25). The van der Waals surface area contributed by atoms with E-state index in [-0.39, 0.29) is 22.1 Å². The van der Waals surface area contributed by atoms with Crippen molar-refractivity contribution in [1.82, 2.24) is 0 Å². The van der Waals surface area contributed by atoms with Crippen LogP contribution in [0.3, 0.4) is 0 Å². The lowest BCUT2D eigenvalue weighted by Crippen LogP contribution is -2.40. The maximum atomic E-state index is 13.4. The second-order valence-corrected chi connectivity index (χ2v) is 11.5. The van der Waals surface area contributed by atoms with Gasteiger partial charge in [-0.1, -0.05) is 42.5 Å². The molecule has 1 aromatic rings. The second kappa shape index (κ2) is 9.29. The molecule has 0 heterocycles. The van der Waals surface area contributed by atoms with Gasteiger partial charge >= 0.3 is 5.97 Å². The number of carbonyl (C=O) groups is 2. The van der Waals surface area contributed by atoms with E-state index in [0.29, 0.717) is 16.6 Å². The Labute approximate surface area is 191 Å². The number of ether oxygens (including phenoxy) is 1. The van der Waals surface area contributed by atoms with Crippen LogP contribution >= 0.6 is 46.7 Å². The number of hydrogen-bond donors (Lipinski definition) is 1. The molecular weight excluding hydrogens is 449 g/mol. The van der Waals surface area contributed by atoms with E-state index in [9.17, 15) is 9.59 Å². The molecule has 0 radical (unpaired) electrons. The summed E-state index contributed by atoms with van der Waals surface area (Å²) in [5.41, 5.74) is 0.0755. The zero-order valence-corrected chi connectivity index (χ0v) is 20.1. The summed E-state index contributed by atoms with van der Waals surface area (Å²) in [6, 6.07) is 3.08. The Morgan fingerprint density at radius 3 is 2.24 bits per heavy atom. The molecule has 0 spiro atoms. The molecule has 0 atom stereocenters. The van der Waals surface area contributed by atoms with E-state index in [0.717, 1.165) is 38.5 Å². The molecule has 8 heteroatoms. The number of carbonyl (C=O) groups excluding carboxylic acids is 2. The van der Waals surface area contributed by atoms with E-state index in [1.165, 1.54) is 36.0 Å². The number of halogens is 2. The maximum absolute atomic E-state index is 13.4. The van der Waals surface area contributed by atoms with Gasteiger partial charge in [0.1, 0.15) is 0 Å². The van der Waals surface area contributed by atoms with E-state index >= 15 is 0 Å². The van der Waals surface area contributed by atoms with Crippen LogP contribution in [-0.4, -0.2) is 28.5 Å². The Hall–Kier alpha value is -0.560. The summed E-state index contributed by atoms with van der Waals surface area (Å²) in [5.74, 6) is 0.288. The Kier molecular flexibility index (Phi) is 7.40. The molecule has 2 saturated carbocycles. The van der Waals surface area contributed by atoms with Gasteiger partial charge in [0.2, 0.25) is 5.91 Å². The molecule has 1 N–H and O–H groups in total. The number of nitrogens with one attached hydrogen (secondary N) is 1. The summed E-state index contributed by atoms with van der Waals surface area (Å²) in [5, 5.41) is 3.61. The first-order valence-electron chi connectivity index (χ1n) is 9.89. The maximum Gasteiger partial charge on any atom is 0.337 e. The fraction of sp³-hybridized carbons (Fsp3) is 0.619. The number of anilines is 1. The van der Waals surface area contributed by atoms with Crippen molar-refractivity contribution < 1.29 is 14.3 Å². The second-order valence-electron chi connectivity index (χ2n) is 7.95. The van der Waals surface area contributed by atoms with Crippen LogP contribution in [0.2, 0.25) is 10.0 Å². The van der Waals surface area contributed by atoms with Crippen molar-refractivity contribution in [2.24, 2.45) is 11.3 Å². The molecule has 2 aliphatic carbocycles. The Morgan fingerprint density at radius 2 is 1.69 bits per heavy atom. The summed E-state index contributed by atoms with van der Waals surface area (Å²) in [7, 11) is 0. The van der Waals surface area contributed by atoms with Crippen LogP contribution < -0.4 is 10.1 Å². The lowest BCUT2D eigenvalue weighted by molar-refractivity contribution is -0.134. The van der Waals surface area contributed by atoms with Gasteiger partial charge in [-0.25, -0.2) is 4.79 Å². The molecule has 0 bridgehead atoms. The minimum absolute atomic E-state index is 0.00730. The highest BCUT2D eigenvalue weighted by molar-refractivity contribution is 8.18. The van der Waals surface area contributed by atoms with Crippen molar-refractivity contribution in [2.75, 3.05) is 17.8 Å². The molecule has 1 aromatic carbocycles. The lowest BCUT2D eigenvalue weighted by atomic mass is 9.69. The van der Waals surface area contributed by atoms with Crippen molar-refractivity contribution in [3.63, 3.8) is 0 Å². The highest BCUT2D eigenvalue weighted by atomic mass is 35.5. The van der Waals surface area contributed by atoms with Crippen molar-refractivity contribution in [2.45, 2.75) is 55.9 Å². The van der Waals surface area contributed by atoms with Crippen molar-refractivity contribution >= 4 is 64.3 Å². The third kappa shape index (κ3) is 4.86. The smallest absolute Gasteiger partial charge is 0.337 e. The number of hydrogen-bond acceptors (Lipinski definition) is 5. The van der Waals surface area contributed by atoms with Gasteiger partial charge in [-0.15, -0.1) is 23.5 Å². The Morgan fingerprint density at radius 1 is 1.10 bits per heavy atom. The zero-order valence-electron chi connectivity index (χ0n) is 17.0. The van der Waals surface area contributed by atoms with Gasteiger partial charge in [0, 0.05) is 6.07 Å². The predicted molar refractivity (Wildman–Crippen MR) is 124 cm³/mol. The fourth-order valence-corrected chi connectivity index (χ4v) is 5.44. The molecule has 0 saturated heterocycles. The lowest BCUT2D eigenvalue weighted by Gasteiger charge is -2.36. The number of thioether (sulfide) groups is 2. The molecule has 2 fully saturated rings. The Balaban J connectivity index is 1.87. The first-order chi connectivity index (χ1) is 13.8. The van der Waals surface area contributed by atoms with Gasteiger partial charge in [-0.05, 0) is 57.1 Å². The Bertz CT molecular complexity index is 788.